The van der Waals surface area contributed by atoms with Crippen molar-refractivity contribution >= 4 is 16.9 Å². The van der Waals surface area contributed by atoms with Crippen LogP contribution in [0.4, 0.5) is 5.95 Å². The molecule has 0 saturated carbocycles. The van der Waals surface area contributed by atoms with E-state index in [9.17, 15) is 0 Å². The number of fused-ring (bicyclic) bond motifs is 1. The number of nitrogens with zero attached hydrogens (tertiary/aromatic N) is 3. The molecule has 1 aromatic carbocycles. The molecule has 68 valence electrons. The first-order valence-electron chi connectivity index (χ1n) is 4.13. The van der Waals surface area contributed by atoms with E-state index in [1.165, 1.54) is 0 Å². The fourth-order valence-corrected chi connectivity index (χ4v) is 1.32. The van der Waals surface area contributed by atoms with E-state index < -0.39 is 0 Å². The van der Waals surface area contributed by atoms with E-state index in [2.05, 4.69) is 16.0 Å². The summed E-state index contributed by atoms with van der Waals surface area (Å²) in [6.07, 6.45) is 1.62. The molecular weight excluding hydrogens is 176 g/mol. The van der Waals surface area contributed by atoms with Crippen LogP contribution in [0, 0.1) is 18.3 Å². The summed E-state index contributed by atoms with van der Waals surface area (Å²) in [5.74, 6) is 0.251. The third-order valence-electron chi connectivity index (χ3n) is 2.07. The first-order chi connectivity index (χ1) is 6.70. The van der Waals surface area contributed by atoms with Gasteiger partial charge in [0.25, 0.3) is 0 Å². The quantitative estimate of drug-likeness (QED) is 0.671. The lowest BCUT2D eigenvalue weighted by Crippen LogP contribution is -1.95. The highest BCUT2D eigenvalue weighted by Crippen LogP contribution is 2.17. The Morgan fingerprint density at radius 1 is 1.43 bits per heavy atom. The van der Waals surface area contributed by atoms with Gasteiger partial charge < -0.3 is 5.73 Å². The van der Waals surface area contributed by atoms with Crippen molar-refractivity contribution in [3.05, 3.63) is 29.5 Å². The minimum absolute atomic E-state index is 0.251. The van der Waals surface area contributed by atoms with Crippen molar-refractivity contribution in [3.8, 4) is 6.07 Å². The minimum Gasteiger partial charge on any atom is -0.368 e. The summed E-state index contributed by atoms with van der Waals surface area (Å²) in [6, 6.07) is 5.72. The van der Waals surface area contributed by atoms with E-state index >= 15 is 0 Å². The van der Waals surface area contributed by atoms with Crippen molar-refractivity contribution in [2.24, 2.45) is 0 Å². The van der Waals surface area contributed by atoms with Crippen LogP contribution >= 0.6 is 0 Å². The van der Waals surface area contributed by atoms with Gasteiger partial charge in [0, 0.05) is 11.6 Å². The minimum atomic E-state index is 0.251. The average molecular weight is 184 g/mol. The lowest BCUT2D eigenvalue weighted by Gasteiger charge is -2.01. The smallest absolute Gasteiger partial charge is 0.220 e. The topological polar surface area (TPSA) is 75.6 Å². The van der Waals surface area contributed by atoms with Crippen LogP contribution in [-0.2, 0) is 0 Å². The number of aromatic nitrogens is 2. The average Bonchev–Trinajstić information content (AvgIpc) is 2.16. The second-order valence-electron chi connectivity index (χ2n) is 3.07. The summed E-state index contributed by atoms with van der Waals surface area (Å²) in [5, 5.41) is 9.65. The van der Waals surface area contributed by atoms with Crippen LogP contribution in [0.5, 0.6) is 0 Å². The molecule has 0 atom stereocenters. The molecule has 0 aliphatic heterocycles. The van der Waals surface area contributed by atoms with Gasteiger partial charge in [0.05, 0.1) is 17.1 Å². The number of anilines is 1. The molecule has 0 amide bonds. The normalized spacial score (nSPS) is 10.0. The maximum atomic E-state index is 8.82. The molecule has 0 radical (unpaired) electrons. The van der Waals surface area contributed by atoms with Gasteiger partial charge in [-0.25, -0.2) is 9.97 Å². The molecule has 0 bridgehead atoms. The number of nitrogens with two attached hydrogens (primary N) is 1. The van der Waals surface area contributed by atoms with Crippen molar-refractivity contribution in [3.63, 3.8) is 0 Å². The van der Waals surface area contributed by atoms with Crippen LogP contribution in [0.15, 0.2) is 18.3 Å². The van der Waals surface area contributed by atoms with Crippen LogP contribution in [0.1, 0.15) is 11.1 Å². The third kappa shape index (κ3) is 1.25. The molecule has 2 aromatic rings. The number of aryl methyl sites for hydroxylation is 1. The van der Waals surface area contributed by atoms with E-state index in [0.717, 1.165) is 16.5 Å². The van der Waals surface area contributed by atoms with Gasteiger partial charge in [-0.05, 0) is 24.6 Å². The molecule has 4 heteroatoms. The number of nitrogen functional groups attached to an aromatic ring is 1. The third-order valence-corrected chi connectivity index (χ3v) is 2.07. The summed E-state index contributed by atoms with van der Waals surface area (Å²) in [7, 11) is 0. The van der Waals surface area contributed by atoms with Gasteiger partial charge in [0.2, 0.25) is 5.95 Å². The van der Waals surface area contributed by atoms with Crippen molar-refractivity contribution in [1.82, 2.24) is 9.97 Å². The summed E-state index contributed by atoms with van der Waals surface area (Å²) in [4.78, 5) is 7.94. The Labute approximate surface area is 81.0 Å². The fraction of sp³-hybridized carbons (Fsp3) is 0.100. The zero-order valence-electron chi connectivity index (χ0n) is 7.65. The van der Waals surface area contributed by atoms with Crippen LogP contribution in [0.25, 0.3) is 10.9 Å². The van der Waals surface area contributed by atoms with E-state index in [-0.39, 0.29) is 5.95 Å². The standard InChI is InChI=1S/C10H8N4/c1-6-2-9-8(3-7(6)4-11)5-13-10(12)14-9/h2-3,5H,1H3,(H2,12,13,14). The van der Waals surface area contributed by atoms with E-state index in [1.54, 1.807) is 12.3 Å². The molecule has 1 aromatic heterocycles. The first kappa shape index (κ1) is 8.45. The molecule has 2 rings (SSSR count). The molecule has 4 nitrogen and oxygen atoms in total. The zero-order chi connectivity index (χ0) is 10.1. The Bertz CT molecular complexity index is 540. The summed E-state index contributed by atoms with van der Waals surface area (Å²) < 4.78 is 0. The monoisotopic (exact) mass is 184 g/mol. The number of nitriles is 1. The van der Waals surface area contributed by atoms with E-state index in [0.29, 0.717) is 5.56 Å². The molecule has 2 N–H and O–H groups in total. The van der Waals surface area contributed by atoms with Crippen molar-refractivity contribution in [2.45, 2.75) is 6.92 Å². The van der Waals surface area contributed by atoms with Crippen LogP contribution < -0.4 is 5.73 Å². The summed E-state index contributed by atoms with van der Waals surface area (Å²) in [5.41, 5.74) is 7.77. The first-order valence-corrected chi connectivity index (χ1v) is 4.13. The van der Waals surface area contributed by atoms with Gasteiger partial charge in [-0.3, -0.25) is 0 Å². The van der Waals surface area contributed by atoms with Gasteiger partial charge in [-0.15, -0.1) is 0 Å². The van der Waals surface area contributed by atoms with Crippen molar-refractivity contribution in [2.75, 3.05) is 5.73 Å². The maximum absolute atomic E-state index is 8.82. The second-order valence-corrected chi connectivity index (χ2v) is 3.07. The Hall–Kier alpha value is -2.15. The van der Waals surface area contributed by atoms with Gasteiger partial charge in [0.15, 0.2) is 0 Å². The van der Waals surface area contributed by atoms with E-state index in [1.807, 2.05) is 13.0 Å². The lowest BCUT2D eigenvalue weighted by atomic mass is 10.1. The highest BCUT2D eigenvalue weighted by atomic mass is 15.0. The predicted molar refractivity (Wildman–Crippen MR) is 53.4 cm³/mol. The summed E-state index contributed by atoms with van der Waals surface area (Å²) in [6.45, 7) is 1.87. The Balaban J connectivity index is 2.81. The van der Waals surface area contributed by atoms with E-state index in [4.69, 9.17) is 11.0 Å². The van der Waals surface area contributed by atoms with Gasteiger partial charge in [-0.1, -0.05) is 0 Å². The molecule has 14 heavy (non-hydrogen) atoms. The molecule has 0 unspecified atom stereocenters. The number of rotatable bonds is 0. The van der Waals surface area contributed by atoms with Crippen LogP contribution in [-0.4, -0.2) is 9.97 Å². The number of hydrogen-bond acceptors (Lipinski definition) is 4. The largest absolute Gasteiger partial charge is 0.368 e. The van der Waals surface area contributed by atoms with Crippen molar-refractivity contribution < 1.29 is 0 Å². The fourth-order valence-electron chi connectivity index (χ4n) is 1.32. The maximum Gasteiger partial charge on any atom is 0.220 e. The molecule has 0 spiro atoms. The highest BCUT2D eigenvalue weighted by molar-refractivity contribution is 5.81. The number of hydrogen-bond donors (Lipinski definition) is 1. The summed E-state index contributed by atoms with van der Waals surface area (Å²) >= 11 is 0. The highest BCUT2D eigenvalue weighted by Gasteiger charge is 2.02. The van der Waals surface area contributed by atoms with Crippen molar-refractivity contribution in [1.29, 1.82) is 5.26 Å². The Morgan fingerprint density at radius 3 is 2.93 bits per heavy atom. The van der Waals surface area contributed by atoms with Crippen LogP contribution in [0.3, 0.4) is 0 Å². The second kappa shape index (κ2) is 2.96. The molecule has 1 heterocycles. The van der Waals surface area contributed by atoms with Gasteiger partial charge in [-0.2, -0.15) is 5.26 Å². The zero-order valence-corrected chi connectivity index (χ0v) is 7.65. The molecule has 0 fully saturated rings. The lowest BCUT2D eigenvalue weighted by molar-refractivity contribution is 1.23. The Morgan fingerprint density at radius 2 is 2.21 bits per heavy atom. The molecule has 0 aliphatic carbocycles. The SMILES string of the molecule is Cc1cc2nc(N)ncc2cc1C#N. The predicted octanol–water partition coefficient (Wildman–Crippen LogP) is 1.39. The molecule has 0 aliphatic rings. The number of benzene rings is 1. The van der Waals surface area contributed by atoms with Crippen LogP contribution in [0.2, 0.25) is 0 Å². The van der Waals surface area contributed by atoms with Gasteiger partial charge in [0.1, 0.15) is 0 Å². The van der Waals surface area contributed by atoms with Gasteiger partial charge >= 0.3 is 0 Å². The molecular formula is C10H8N4. The Kier molecular flexibility index (Phi) is 1.79. The molecule has 0 saturated heterocycles.